The van der Waals surface area contributed by atoms with Crippen LogP contribution in [0.5, 0.6) is 0 Å². The van der Waals surface area contributed by atoms with E-state index in [9.17, 15) is 27.2 Å². The van der Waals surface area contributed by atoms with Crippen LogP contribution in [-0.2, 0) is 6.18 Å². The topological polar surface area (TPSA) is 93.8 Å². The SMILES string of the molecule is CSc1cc(-n2c(=O)c(C)c(C(F)(F)F)n(N)c2=O)c(F)cc1C#N. The molecule has 0 radical (unpaired) electrons. The average Bonchev–Trinajstić information content (AvgIpc) is 2.53. The second kappa shape index (κ2) is 6.29. The fourth-order valence-corrected chi connectivity index (χ4v) is 2.83. The molecule has 0 unspecified atom stereocenters. The molecule has 25 heavy (non-hydrogen) atoms. The third-order valence-electron chi connectivity index (χ3n) is 3.42. The van der Waals surface area contributed by atoms with Crippen molar-refractivity contribution in [1.82, 2.24) is 9.24 Å². The van der Waals surface area contributed by atoms with Crippen LogP contribution in [0.2, 0.25) is 0 Å². The summed E-state index contributed by atoms with van der Waals surface area (Å²) in [5.74, 6) is 4.08. The second-order valence-corrected chi connectivity index (χ2v) is 5.73. The molecule has 0 fully saturated rings. The number of thioether (sulfide) groups is 1. The van der Waals surface area contributed by atoms with Crippen molar-refractivity contribution >= 4 is 11.8 Å². The van der Waals surface area contributed by atoms with Crippen LogP contribution in [-0.4, -0.2) is 15.5 Å². The Labute approximate surface area is 142 Å². The zero-order valence-corrected chi connectivity index (χ0v) is 13.6. The molecule has 132 valence electrons. The summed E-state index contributed by atoms with van der Waals surface area (Å²) >= 11 is 1.04. The second-order valence-electron chi connectivity index (χ2n) is 4.88. The van der Waals surface area contributed by atoms with Gasteiger partial charge < -0.3 is 5.84 Å². The number of aromatic nitrogens is 2. The van der Waals surface area contributed by atoms with Gasteiger partial charge in [-0.3, -0.25) is 4.79 Å². The van der Waals surface area contributed by atoms with Gasteiger partial charge in [-0.25, -0.2) is 18.4 Å². The molecule has 1 heterocycles. The van der Waals surface area contributed by atoms with Crippen LogP contribution in [0.15, 0.2) is 26.6 Å². The predicted octanol–water partition coefficient (Wildman–Crippen LogP) is 1.77. The van der Waals surface area contributed by atoms with Crippen LogP contribution in [0.3, 0.4) is 0 Å². The fourth-order valence-electron chi connectivity index (χ4n) is 2.27. The first kappa shape index (κ1) is 18.6. The Hall–Kier alpha value is -2.74. The Kier molecular flexibility index (Phi) is 4.68. The summed E-state index contributed by atoms with van der Waals surface area (Å²) in [6.45, 7) is 0.835. The summed E-state index contributed by atoms with van der Waals surface area (Å²) in [5, 5.41) is 8.95. The molecule has 0 spiro atoms. The van der Waals surface area contributed by atoms with E-state index in [1.165, 1.54) is 0 Å². The molecular formula is C14H10F4N4O2S. The summed E-state index contributed by atoms with van der Waals surface area (Å²) in [6, 6.07) is 3.57. The molecule has 2 rings (SSSR count). The number of rotatable bonds is 2. The Morgan fingerprint density at radius 1 is 1.28 bits per heavy atom. The van der Waals surface area contributed by atoms with E-state index >= 15 is 0 Å². The largest absolute Gasteiger partial charge is 0.433 e. The van der Waals surface area contributed by atoms with Crippen molar-refractivity contribution in [2.24, 2.45) is 0 Å². The first-order chi connectivity index (χ1) is 11.5. The molecule has 0 aliphatic carbocycles. The summed E-state index contributed by atoms with van der Waals surface area (Å²) < 4.78 is 53.2. The lowest BCUT2D eigenvalue weighted by atomic mass is 10.2. The highest BCUT2D eigenvalue weighted by Gasteiger charge is 2.38. The molecule has 0 saturated carbocycles. The lowest BCUT2D eigenvalue weighted by molar-refractivity contribution is -0.144. The third kappa shape index (κ3) is 3.00. The number of halogens is 4. The molecular weight excluding hydrogens is 364 g/mol. The molecule has 1 aromatic carbocycles. The number of nitriles is 1. The van der Waals surface area contributed by atoms with Crippen LogP contribution in [0.4, 0.5) is 17.6 Å². The Morgan fingerprint density at radius 2 is 1.88 bits per heavy atom. The zero-order valence-electron chi connectivity index (χ0n) is 12.8. The number of benzene rings is 1. The fraction of sp³-hybridized carbons (Fsp3) is 0.214. The standard InChI is InChI=1S/C14H10F4N4O2S/c1-6-11(14(16,17)18)22(20)13(24)21(12(6)23)9-4-10(25-2)7(5-19)3-8(9)15/h3-4H,20H2,1-2H3. The van der Waals surface area contributed by atoms with Crippen LogP contribution in [0, 0.1) is 24.1 Å². The van der Waals surface area contributed by atoms with Crippen LogP contribution in [0.1, 0.15) is 16.8 Å². The van der Waals surface area contributed by atoms with Gasteiger partial charge in [0.25, 0.3) is 5.56 Å². The lowest BCUT2D eigenvalue weighted by Gasteiger charge is -2.17. The molecule has 2 aromatic rings. The molecule has 6 nitrogen and oxygen atoms in total. The number of nitrogens with two attached hydrogens (primary N) is 1. The van der Waals surface area contributed by atoms with Gasteiger partial charge in [-0.2, -0.15) is 18.4 Å². The zero-order chi connectivity index (χ0) is 19.1. The van der Waals surface area contributed by atoms with Gasteiger partial charge >= 0.3 is 11.9 Å². The highest BCUT2D eigenvalue weighted by Crippen LogP contribution is 2.29. The van der Waals surface area contributed by atoms with E-state index in [0.717, 1.165) is 30.8 Å². The summed E-state index contributed by atoms with van der Waals surface area (Å²) in [5.41, 5.74) is -6.01. The first-order valence-corrected chi connectivity index (χ1v) is 7.76. The molecule has 1 aromatic heterocycles. The van der Waals surface area contributed by atoms with Crippen LogP contribution in [0.25, 0.3) is 5.69 Å². The average molecular weight is 374 g/mol. The number of nitrogen functional groups attached to an aromatic ring is 1. The van der Waals surface area contributed by atoms with E-state index < -0.39 is 40.2 Å². The minimum Gasteiger partial charge on any atom is -0.335 e. The van der Waals surface area contributed by atoms with Gasteiger partial charge in [-0.05, 0) is 25.3 Å². The van der Waals surface area contributed by atoms with Gasteiger partial charge in [-0.15, -0.1) is 11.8 Å². The molecule has 0 aliphatic heterocycles. The molecule has 0 amide bonds. The first-order valence-electron chi connectivity index (χ1n) is 6.53. The van der Waals surface area contributed by atoms with E-state index in [2.05, 4.69) is 0 Å². The minimum atomic E-state index is -5.04. The van der Waals surface area contributed by atoms with E-state index in [-0.39, 0.29) is 19.7 Å². The number of nitrogens with zero attached hydrogens (tertiary/aromatic N) is 3. The summed E-state index contributed by atoms with van der Waals surface area (Å²) in [6.07, 6.45) is -3.47. The van der Waals surface area contributed by atoms with Crippen molar-refractivity contribution in [1.29, 1.82) is 5.26 Å². The van der Waals surface area contributed by atoms with Gasteiger partial charge in [0.05, 0.1) is 11.3 Å². The maximum absolute atomic E-state index is 14.3. The maximum Gasteiger partial charge on any atom is 0.433 e. The number of hydrogen-bond donors (Lipinski definition) is 1. The summed E-state index contributed by atoms with van der Waals surface area (Å²) in [4.78, 5) is 24.7. The Balaban J connectivity index is 2.95. The number of hydrogen-bond acceptors (Lipinski definition) is 5. The van der Waals surface area contributed by atoms with Crippen molar-refractivity contribution in [3.63, 3.8) is 0 Å². The van der Waals surface area contributed by atoms with Gasteiger partial charge in [0.1, 0.15) is 11.9 Å². The van der Waals surface area contributed by atoms with Gasteiger partial charge in [-0.1, -0.05) is 0 Å². The molecule has 2 N–H and O–H groups in total. The van der Waals surface area contributed by atoms with E-state index in [4.69, 9.17) is 11.1 Å². The van der Waals surface area contributed by atoms with Crippen LogP contribution < -0.4 is 17.1 Å². The Morgan fingerprint density at radius 3 is 2.36 bits per heavy atom. The normalized spacial score (nSPS) is 11.4. The monoisotopic (exact) mass is 374 g/mol. The van der Waals surface area contributed by atoms with E-state index in [0.29, 0.717) is 0 Å². The molecule has 0 saturated heterocycles. The molecule has 0 aliphatic rings. The number of alkyl halides is 3. The van der Waals surface area contributed by atoms with Crippen molar-refractivity contribution in [2.45, 2.75) is 18.0 Å². The van der Waals surface area contributed by atoms with E-state index in [1.807, 2.05) is 0 Å². The Bertz CT molecular complexity index is 981. The van der Waals surface area contributed by atoms with Crippen molar-refractivity contribution in [2.75, 3.05) is 12.1 Å². The molecule has 0 atom stereocenters. The molecule has 11 heteroatoms. The van der Waals surface area contributed by atoms with Crippen molar-refractivity contribution in [3.8, 4) is 11.8 Å². The van der Waals surface area contributed by atoms with Gasteiger partial charge in [0, 0.05) is 10.5 Å². The smallest absolute Gasteiger partial charge is 0.335 e. The lowest BCUT2D eigenvalue weighted by Crippen LogP contribution is -2.47. The highest BCUT2D eigenvalue weighted by atomic mass is 32.2. The molecule has 0 bridgehead atoms. The van der Waals surface area contributed by atoms with Gasteiger partial charge in [0.15, 0.2) is 5.69 Å². The third-order valence-corrected chi connectivity index (χ3v) is 4.19. The van der Waals surface area contributed by atoms with Crippen molar-refractivity contribution in [3.05, 3.63) is 55.6 Å². The van der Waals surface area contributed by atoms with Crippen LogP contribution >= 0.6 is 11.8 Å². The maximum atomic E-state index is 14.3. The minimum absolute atomic E-state index is 0.0430. The predicted molar refractivity (Wildman–Crippen MR) is 82.6 cm³/mol. The van der Waals surface area contributed by atoms with Crippen molar-refractivity contribution < 1.29 is 17.6 Å². The summed E-state index contributed by atoms with van der Waals surface area (Å²) in [7, 11) is 0. The highest BCUT2D eigenvalue weighted by molar-refractivity contribution is 7.98. The van der Waals surface area contributed by atoms with E-state index in [1.54, 1.807) is 12.3 Å². The quantitative estimate of drug-likeness (QED) is 0.491. The van der Waals surface area contributed by atoms with Gasteiger partial charge in [0.2, 0.25) is 0 Å².